The summed E-state index contributed by atoms with van der Waals surface area (Å²) in [5, 5.41) is 6.64. The van der Waals surface area contributed by atoms with E-state index >= 15 is 0 Å². The van der Waals surface area contributed by atoms with Gasteiger partial charge in [0.1, 0.15) is 10.7 Å². The minimum absolute atomic E-state index is 0.152. The molecule has 0 saturated heterocycles. The summed E-state index contributed by atoms with van der Waals surface area (Å²) in [4.78, 5) is 4.40. The molecule has 1 aliphatic heterocycles. The lowest BCUT2D eigenvalue weighted by molar-refractivity contribution is 0.522. The standard InChI is InChI=1S/C16H19N3O2S/c1-22(20,21)15-7-4-9-18-16(15)19-11-14-13-6-3-2-5-12(13)8-10-17-14/h2-7,9,14,17H,8,10-11H2,1H3,(H,18,19). The molecule has 0 fully saturated rings. The molecule has 1 unspecified atom stereocenters. The fourth-order valence-corrected chi connectivity index (χ4v) is 3.60. The first-order valence-electron chi connectivity index (χ1n) is 7.26. The van der Waals surface area contributed by atoms with E-state index in [4.69, 9.17) is 0 Å². The number of rotatable bonds is 4. The number of fused-ring (bicyclic) bond motifs is 1. The third-order valence-electron chi connectivity index (χ3n) is 3.86. The van der Waals surface area contributed by atoms with Crippen LogP contribution in [-0.4, -0.2) is 32.7 Å². The Morgan fingerprint density at radius 1 is 1.27 bits per heavy atom. The van der Waals surface area contributed by atoms with Crippen molar-refractivity contribution in [2.75, 3.05) is 24.7 Å². The Morgan fingerprint density at radius 2 is 2.09 bits per heavy atom. The van der Waals surface area contributed by atoms with Gasteiger partial charge in [-0.1, -0.05) is 24.3 Å². The van der Waals surface area contributed by atoms with Crippen LogP contribution >= 0.6 is 0 Å². The largest absolute Gasteiger partial charge is 0.367 e. The molecule has 0 aliphatic carbocycles. The van der Waals surface area contributed by atoms with E-state index in [0.29, 0.717) is 12.4 Å². The van der Waals surface area contributed by atoms with Crippen LogP contribution in [0.25, 0.3) is 0 Å². The normalized spacial score (nSPS) is 17.8. The van der Waals surface area contributed by atoms with Gasteiger partial charge in [0, 0.05) is 25.0 Å². The van der Waals surface area contributed by atoms with E-state index in [9.17, 15) is 8.42 Å². The summed E-state index contributed by atoms with van der Waals surface area (Å²) >= 11 is 0. The number of hydrogen-bond donors (Lipinski definition) is 2. The van der Waals surface area contributed by atoms with E-state index in [0.717, 1.165) is 13.0 Å². The van der Waals surface area contributed by atoms with Gasteiger partial charge in [-0.25, -0.2) is 13.4 Å². The maximum atomic E-state index is 11.8. The fraction of sp³-hybridized carbons (Fsp3) is 0.312. The van der Waals surface area contributed by atoms with E-state index in [1.54, 1.807) is 18.3 Å². The van der Waals surface area contributed by atoms with Gasteiger partial charge in [-0.3, -0.25) is 0 Å². The molecular weight excluding hydrogens is 298 g/mol. The lowest BCUT2D eigenvalue weighted by Gasteiger charge is -2.27. The molecule has 3 rings (SSSR count). The Labute approximate surface area is 130 Å². The average Bonchev–Trinajstić information content (AvgIpc) is 2.52. The summed E-state index contributed by atoms with van der Waals surface area (Å²) in [5.74, 6) is 0.412. The maximum absolute atomic E-state index is 11.8. The van der Waals surface area contributed by atoms with E-state index < -0.39 is 9.84 Å². The first-order chi connectivity index (χ1) is 10.6. The summed E-state index contributed by atoms with van der Waals surface area (Å²) in [7, 11) is -3.29. The highest BCUT2D eigenvalue weighted by Gasteiger charge is 2.20. The van der Waals surface area contributed by atoms with Gasteiger partial charge in [-0.05, 0) is 36.2 Å². The highest BCUT2D eigenvalue weighted by Crippen LogP contribution is 2.24. The van der Waals surface area contributed by atoms with Crippen LogP contribution in [0.4, 0.5) is 5.82 Å². The first kappa shape index (κ1) is 15.0. The van der Waals surface area contributed by atoms with E-state index in [1.165, 1.54) is 17.4 Å². The summed E-state index contributed by atoms with van der Waals surface area (Å²) in [6.07, 6.45) is 3.81. The molecule has 0 saturated carbocycles. The second kappa shape index (κ2) is 6.06. The Balaban J connectivity index is 1.80. The van der Waals surface area contributed by atoms with Gasteiger partial charge in [-0.2, -0.15) is 0 Å². The molecule has 1 aromatic heterocycles. The zero-order chi connectivity index (χ0) is 15.6. The topological polar surface area (TPSA) is 71.1 Å². The third-order valence-corrected chi connectivity index (χ3v) is 4.99. The van der Waals surface area contributed by atoms with Crippen LogP contribution < -0.4 is 10.6 Å². The number of nitrogens with zero attached hydrogens (tertiary/aromatic N) is 1. The molecule has 0 amide bonds. The zero-order valence-electron chi connectivity index (χ0n) is 12.4. The predicted octanol–water partition coefficient (Wildman–Crippen LogP) is 1.78. The molecule has 0 spiro atoms. The second-order valence-electron chi connectivity index (χ2n) is 5.46. The molecule has 2 N–H and O–H groups in total. The van der Waals surface area contributed by atoms with Crippen LogP contribution in [0.15, 0.2) is 47.5 Å². The smallest absolute Gasteiger partial charge is 0.179 e. The van der Waals surface area contributed by atoms with Crippen LogP contribution in [0.3, 0.4) is 0 Å². The van der Waals surface area contributed by atoms with Crippen molar-refractivity contribution in [1.82, 2.24) is 10.3 Å². The van der Waals surface area contributed by atoms with Crippen LogP contribution in [0.5, 0.6) is 0 Å². The molecule has 22 heavy (non-hydrogen) atoms. The Hall–Kier alpha value is -1.92. The molecule has 0 bridgehead atoms. The van der Waals surface area contributed by atoms with Gasteiger partial charge < -0.3 is 10.6 Å². The van der Waals surface area contributed by atoms with Crippen molar-refractivity contribution in [3.8, 4) is 0 Å². The molecule has 1 aliphatic rings. The number of benzene rings is 1. The molecule has 6 heteroatoms. The van der Waals surface area contributed by atoms with Crippen LogP contribution in [-0.2, 0) is 16.3 Å². The number of pyridine rings is 1. The Bertz CT molecular complexity index is 774. The monoisotopic (exact) mass is 317 g/mol. The summed E-state index contributed by atoms with van der Waals surface area (Å²) in [5.41, 5.74) is 2.61. The lowest BCUT2D eigenvalue weighted by atomic mass is 9.94. The van der Waals surface area contributed by atoms with Gasteiger partial charge in [0.2, 0.25) is 0 Å². The van der Waals surface area contributed by atoms with Gasteiger partial charge in [0.15, 0.2) is 9.84 Å². The molecule has 2 heterocycles. The predicted molar refractivity (Wildman–Crippen MR) is 86.7 cm³/mol. The first-order valence-corrected chi connectivity index (χ1v) is 9.15. The van der Waals surface area contributed by atoms with Crippen molar-refractivity contribution in [3.05, 3.63) is 53.7 Å². The highest BCUT2D eigenvalue weighted by molar-refractivity contribution is 7.90. The number of hydrogen-bond acceptors (Lipinski definition) is 5. The molecule has 116 valence electrons. The van der Waals surface area contributed by atoms with Crippen molar-refractivity contribution >= 4 is 15.7 Å². The van der Waals surface area contributed by atoms with Crippen LogP contribution in [0, 0.1) is 0 Å². The Morgan fingerprint density at radius 3 is 2.91 bits per heavy atom. The van der Waals surface area contributed by atoms with Crippen LogP contribution in [0.2, 0.25) is 0 Å². The second-order valence-corrected chi connectivity index (χ2v) is 7.44. The van der Waals surface area contributed by atoms with Crippen molar-refractivity contribution in [3.63, 3.8) is 0 Å². The SMILES string of the molecule is CS(=O)(=O)c1cccnc1NCC1NCCc2ccccc21. The number of sulfone groups is 1. The molecule has 1 aromatic carbocycles. The van der Waals surface area contributed by atoms with Crippen molar-refractivity contribution in [2.45, 2.75) is 17.4 Å². The fourth-order valence-electron chi connectivity index (χ4n) is 2.80. The van der Waals surface area contributed by atoms with E-state index in [1.807, 2.05) is 6.07 Å². The summed E-state index contributed by atoms with van der Waals surface area (Å²) < 4.78 is 23.6. The molecule has 0 radical (unpaired) electrons. The molecular formula is C16H19N3O2S. The van der Waals surface area contributed by atoms with Gasteiger partial charge >= 0.3 is 0 Å². The average molecular weight is 317 g/mol. The molecule has 2 aromatic rings. The highest BCUT2D eigenvalue weighted by atomic mass is 32.2. The summed E-state index contributed by atoms with van der Waals surface area (Å²) in [6, 6.07) is 11.7. The van der Waals surface area contributed by atoms with Crippen molar-refractivity contribution in [2.24, 2.45) is 0 Å². The minimum Gasteiger partial charge on any atom is -0.367 e. The Kier molecular flexibility index (Phi) is 4.13. The minimum atomic E-state index is -3.29. The van der Waals surface area contributed by atoms with Crippen molar-refractivity contribution in [1.29, 1.82) is 0 Å². The zero-order valence-corrected chi connectivity index (χ0v) is 13.2. The molecule has 1 atom stereocenters. The number of aromatic nitrogens is 1. The third kappa shape index (κ3) is 3.13. The van der Waals surface area contributed by atoms with Gasteiger partial charge in [0.05, 0.1) is 0 Å². The quantitative estimate of drug-likeness (QED) is 0.899. The molecule has 5 nitrogen and oxygen atoms in total. The lowest BCUT2D eigenvalue weighted by Crippen LogP contribution is -2.34. The van der Waals surface area contributed by atoms with Gasteiger partial charge in [0.25, 0.3) is 0 Å². The number of nitrogens with one attached hydrogen (secondary N) is 2. The van der Waals surface area contributed by atoms with E-state index in [-0.39, 0.29) is 10.9 Å². The van der Waals surface area contributed by atoms with E-state index in [2.05, 4.69) is 33.8 Å². The van der Waals surface area contributed by atoms with Crippen molar-refractivity contribution < 1.29 is 8.42 Å². The number of anilines is 1. The van der Waals surface area contributed by atoms with Gasteiger partial charge in [-0.15, -0.1) is 0 Å². The summed E-state index contributed by atoms with van der Waals surface area (Å²) in [6.45, 7) is 1.51. The maximum Gasteiger partial charge on any atom is 0.179 e. The van der Waals surface area contributed by atoms with Crippen LogP contribution in [0.1, 0.15) is 17.2 Å².